The molecule has 0 saturated heterocycles. The summed E-state index contributed by atoms with van der Waals surface area (Å²) >= 11 is 0. The average Bonchev–Trinajstić information content (AvgIpc) is 2.78. The van der Waals surface area contributed by atoms with E-state index in [1.54, 1.807) is 31.2 Å². The van der Waals surface area contributed by atoms with Gasteiger partial charge in [-0.2, -0.15) is 0 Å². The molecule has 2 rings (SSSR count). The van der Waals surface area contributed by atoms with Gasteiger partial charge in [-0.05, 0) is 43.7 Å². The Morgan fingerprint density at radius 2 is 1.81 bits per heavy atom. The molecular weight excluding hydrogens is 432 g/mol. The molecule has 174 valence electrons. The number of hydrogen-bond acceptors (Lipinski definition) is 6. The van der Waals surface area contributed by atoms with Crippen LogP contribution < -0.4 is 9.62 Å². The van der Waals surface area contributed by atoms with E-state index < -0.39 is 28.5 Å². The van der Waals surface area contributed by atoms with Crippen LogP contribution in [0.4, 0.5) is 5.69 Å². The number of sulfonamides is 1. The van der Waals surface area contributed by atoms with Crippen molar-refractivity contribution in [1.29, 1.82) is 0 Å². The molecule has 0 aliphatic carbocycles. The first-order valence-electron chi connectivity index (χ1n) is 10.4. The van der Waals surface area contributed by atoms with Gasteiger partial charge in [-0.15, -0.1) is 0 Å². The third-order valence-electron chi connectivity index (χ3n) is 4.58. The number of amides is 1. The normalized spacial score (nSPS) is 12.1. The van der Waals surface area contributed by atoms with Crippen LogP contribution in [0.25, 0.3) is 0 Å². The van der Waals surface area contributed by atoms with Gasteiger partial charge in [0, 0.05) is 19.7 Å². The van der Waals surface area contributed by atoms with E-state index in [4.69, 9.17) is 9.47 Å². The van der Waals surface area contributed by atoms with Gasteiger partial charge in [0.1, 0.15) is 0 Å². The maximum atomic E-state index is 13.4. The number of benzene rings is 2. The Labute approximate surface area is 189 Å². The summed E-state index contributed by atoms with van der Waals surface area (Å²) in [5, 5.41) is 2.63. The van der Waals surface area contributed by atoms with Crippen molar-refractivity contribution in [3.05, 3.63) is 60.2 Å². The summed E-state index contributed by atoms with van der Waals surface area (Å²) in [6.07, 6.45) is 1.52. The first-order valence-corrected chi connectivity index (χ1v) is 11.9. The van der Waals surface area contributed by atoms with Gasteiger partial charge in [0.15, 0.2) is 6.61 Å². The molecule has 2 aromatic carbocycles. The standard InChI is InChI=1S/C23H30N2O6S/c1-4-5-14-25(20-11-7-6-8-12-20)32(28,29)21-13-9-10-19(15-21)23(27)31-17-22(26)24-18(2)16-30-3/h6-13,15,18H,4-5,14,16-17H2,1-3H3,(H,24,26). The number of methoxy groups -OCH3 is 1. The minimum atomic E-state index is -3.90. The van der Waals surface area contributed by atoms with E-state index >= 15 is 0 Å². The monoisotopic (exact) mass is 462 g/mol. The fourth-order valence-corrected chi connectivity index (χ4v) is 4.57. The molecule has 0 saturated carbocycles. The Bertz CT molecular complexity index is 995. The Morgan fingerprint density at radius 3 is 2.47 bits per heavy atom. The number of hydrogen-bond donors (Lipinski definition) is 1. The Kier molecular flexibility index (Phi) is 9.67. The largest absolute Gasteiger partial charge is 0.452 e. The van der Waals surface area contributed by atoms with Crippen molar-refractivity contribution in [2.45, 2.75) is 37.6 Å². The van der Waals surface area contributed by atoms with Crippen molar-refractivity contribution in [2.75, 3.05) is 31.2 Å². The van der Waals surface area contributed by atoms with Crippen LogP contribution in [0.15, 0.2) is 59.5 Å². The lowest BCUT2D eigenvalue weighted by Crippen LogP contribution is -2.38. The number of carbonyl (C=O) groups is 2. The fourth-order valence-electron chi connectivity index (χ4n) is 3.02. The van der Waals surface area contributed by atoms with Gasteiger partial charge >= 0.3 is 5.97 Å². The van der Waals surface area contributed by atoms with Crippen molar-refractivity contribution < 1.29 is 27.5 Å². The van der Waals surface area contributed by atoms with Crippen molar-refractivity contribution in [3.63, 3.8) is 0 Å². The summed E-state index contributed by atoms with van der Waals surface area (Å²) in [6, 6.07) is 14.2. The van der Waals surface area contributed by atoms with Gasteiger partial charge in [-0.3, -0.25) is 9.10 Å². The number of unbranched alkanes of at least 4 members (excludes halogenated alkanes) is 1. The number of carbonyl (C=O) groups excluding carboxylic acids is 2. The van der Waals surface area contributed by atoms with Crippen molar-refractivity contribution in [3.8, 4) is 0 Å². The Hall–Kier alpha value is -2.91. The number of nitrogens with zero attached hydrogens (tertiary/aromatic N) is 1. The molecule has 9 heteroatoms. The number of esters is 1. The molecule has 0 bridgehead atoms. The Morgan fingerprint density at radius 1 is 1.09 bits per heavy atom. The van der Waals surface area contributed by atoms with Gasteiger partial charge in [-0.25, -0.2) is 13.2 Å². The van der Waals surface area contributed by atoms with Crippen molar-refractivity contribution in [1.82, 2.24) is 5.32 Å². The molecular formula is C23H30N2O6S. The lowest BCUT2D eigenvalue weighted by Gasteiger charge is -2.24. The molecule has 0 spiro atoms. The number of nitrogens with one attached hydrogen (secondary N) is 1. The van der Waals surface area contributed by atoms with Crippen LogP contribution >= 0.6 is 0 Å². The smallest absolute Gasteiger partial charge is 0.338 e. The molecule has 0 fully saturated rings. The highest BCUT2D eigenvalue weighted by atomic mass is 32.2. The van der Waals surface area contributed by atoms with E-state index in [1.807, 2.05) is 13.0 Å². The maximum Gasteiger partial charge on any atom is 0.338 e. The second kappa shape index (κ2) is 12.2. The van der Waals surface area contributed by atoms with E-state index in [2.05, 4.69) is 5.32 Å². The number of ether oxygens (including phenoxy) is 2. The number of rotatable bonds is 12. The first kappa shape index (κ1) is 25.4. The van der Waals surface area contributed by atoms with Gasteiger partial charge in [-0.1, -0.05) is 37.6 Å². The van der Waals surface area contributed by atoms with Gasteiger partial charge < -0.3 is 14.8 Å². The van der Waals surface area contributed by atoms with Crippen LogP contribution in [0.1, 0.15) is 37.0 Å². The predicted octanol–water partition coefficient (Wildman–Crippen LogP) is 2.99. The summed E-state index contributed by atoms with van der Waals surface area (Å²) < 4.78 is 38.0. The molecule has 2 aromatic rings. The lowest BCUT2D eigenvalue weighted by atomic mass is 10.2. The first-order chi connectivity index (χ1) is 15.3. The van der Waals surface area contributed by atoms with E-state index in [9.17, 15) is 18.0 Å². The molecule has 1 N–H and O–H groups in total. The lowest BCUT2D eigenvalue weighted by molar-refractivity contribution is -0.125. The zero-order valence-corrected chi connectivity index (χ0v) is 19.4. The van der Waals surface area contributed by atoms with Crippen LogP contribution in [0.3, 0.4) is 0 Å². The predicted molar refractivity (Wildman–Crippen MR) is 122 cm³/mol. The summed E-state index contributed by atoms with van der Waals surface area (Å²) in [5.41, 5.74) is 0.600. The highest BCUT2D eigenvalue weighted by molar-refractivity contribution is 7.92. The van der Waals surface area contributed by atoms with Crippen molar-refractivity contribution >= 4 is 27.6 Å². The van der Waals surface area contributed by atoms with Crippen LogP contribution in [0.5, 0.6) is 0 Å². The zero-order valence-electron chi connectivity index (χ0n) is 18.6. The highest BCUT2D eigenvalue weighted by Crippen LogP contribution is 2.25. The molecule has 1 unspecified atom stereocenters. The van der Waals surface area contributed by atoms with Gasteiger partial charge in [0.25, 0.3) is 15.9 Å². The number of anilines is 1. The van der Waals surface area contributed by atoms with E-state index in [1.165, 1.54) is 35.7 Å². The van der Waals surface area contributed by atoms with E-state index in [-0.39, 0.29) is 16.5 Å². The van der Waals surface area contributed by atoms with Crippen molar-refractivity contribution in [2.24, 2.45) is 0 Å². The van der Waals surface area contributed by atoms with Gasteiger partial charge in [0.2, 0.25) is 0 Å². The van der Waals surface area contributed by atoms with Gasteiger partial charge in [0.05, 0.1) is 22.8 Å². The van der Waals surface area contributed by atoms with Crippen LogP contribution in [0.2, 0.25) is 0 Å². The topological polar surface area (TPSA) is 102 Å². The molecule has 0 aromatic heterocycles. The maximum absolute atomic E-state index is 13.4. The quantitative estimate of drug-likeness (QED) is 0.487. The third kappa shape index (κ3) is 7.06. The second-order valence-electron chi connectivity index (χ2n) is 7.29. The molecule has 32 heavy (non-hydrogen) atoms. The number of para-hydroxylation sites is 1. The van der Waals surface area contributed by atoms with Crippen LogP contribution in [-0.2, 0) is 24.3 Å². The molecule has 0 radical (unpaired) electrons. The summed E-state index contributed by atoms with van der Waals surface area (Å²) in [5.74, 6) is -1.25. The summed E-state index contributed by atoms with van der Waals surface area (Å²) in [4.78, 5) is 24.3. The molecule has 0 aliphatic heterocycles. The molecule has 1 atom stereocenters. The molecule has 0 heterocycles. The molecule has 8 nitrogen and oxygen atoms in total. The third-order valence-corrected chi connectivity index (χ3v) is 6.40. The van der Waals surface area contributed by atoms with Crippen LogP contribution in [0, 0.1) is 0 Å². The highest BCUT2D eigenvalue weighted by Gasteiger charge is 2.25. The molecule has 1 amide bonds. The summed E-state index contributed by atoms with van der Waals surface area (Å²) in [7, 11) is -2.38. The van der Waals surface area contributed by atoms with Crippen LogP contribution in [-0.4, -0.2) is 53.2 Å². The molecule has 0 aliphatic rings. The van der Waals surface area contributed by atoms with E-state index in [0.29, 0.717) is 25.3 Å². The minimum Gasteiger partial charge on any atom is -0.452 e. The average molecular weight is 463 g/mol. The zero-order chi connectivity index (χ0) is 23.6. The van der Waals surface area contributed by atoms with E-state index in [0.717, 1.165) is 6.42 Å². The Balaban J connectivity index is 2.17. The fraction of sp³-hybridized carbons (Fsp3) is 0.391. The second-order valence-corrected chi connectivity index (χ2v) is 9.16. The minimum absolute atomic E-state index is 0.0231. The summed E-state index contributed by atoms with van der Waals surface area (Å²) in [6.45, 7) is 3.91. The SMILES string of the molecule is CCCCN(c1ccccc1)S(=O)(=O)c1cccc(C(=O)OCC(=O)NC(C)COC)c1.